The van der Waals surface area contributed by atoms with Crippen LogP contribution in [-0.4, -0.2) is 10.8 Å². The highest BCUT2D eigenvalue weighted by molar-refractivity contribution is 6.31. The molecule has 1 aliphatic carbocycles. The molecular formula is C17H12ClN3O2. The SMILES string of the molecule is N#CC1=CC=C(NCc2cc3cc(Cl)ccc3[nH]c2=O)C(=O)C1. The Hall–Kier alpha value is -2.84. The zero-order valence-corrected chi connectivity index (χ0v) is 12.8. The molecule has 5 nitrogen and oxygen atoms in total. The van der Waals surface area contributed by atoms with Crippen molar-refractivity contribution in [2.24, 2.45) is 0 Å². The first-order valence-electron chi connectivity index (χ1n) is 6.96. The summed E-state index contributed by atoms with van der Waals surface area (Å²) in [5.74, 6) is -0.163. The van der Waals surface area contributed by atoms with Gasteiger partial charge in [-0.15, -0.1) is 0 Å². The Balaban J connectivity index is 1.85. The third-order valence-electron chi connectivity index (χ3n) is 3.60. The molecule has 3 rings (SSSR count). The van der Waals surface area contributed by atoms with Crippen molar-refractivity contribution in [2.75, 3.05) is 0 Å². The lowest BCUT2D eigenvalue weighted by Crippen LogP contribution is -2.25. The van der Waals surface area contributed by atoms with E-state index in [-0.39, 0.29) is 24.3 Å². The van der Waals surface area contributed by atoms with Crippen LogP contribution in [0, 0.1) is 11.3 Å². The molecule has 1 heterocycles. The van der Waals surface area contributed by atoms with Crippen molar-refractivity contribution < 1.29 is 4.79 Å². The Kier molecular flexibility index (Phi) is 4.00. The average molecular weight is 326 g/mol. The maximum atomic E-state index is 12.1. The van der Waals surface area contributed by atoms with Gasteiger partial charge in [0.1, 0.15) is 0 Å². The van der Waals surface area contributed by atoms with Crippen molar-refractivity contribution in [2.45, 2.75) is 13.0 Å². The summed E-state index contributed by atoms with van der Waals surface area (Å²) in [6.07, 6.45) is 3.25. The molecule has 23 heavy (non-hydrogen) atoms. The molecule has 0 bridgehead atoms. The van der Waals surface area contributed by atoms with Crippen molar-refractivity contribution in [3.63, 3.8) is 0 Å². The molecule has 1 aliphatic rings. The number of nitriles is 1. The summed E-state index contributed by atoms with van der Waals surface area (Å²) in [4.78, 5) is 26.8. The number of nitrogens with one attached hydrogen (secondary N) is 2. The number of H-pyrrole nitrogens is 1. The van der Waals surface area contributed by atoms with E-state index in [1.807, 2.05) is 6.07 Å². The van der Waals surface area contributed by atoms with Crippen molar-refractivity contribution in [3.05, 3.63) is 68.6 Å². The molecule has 0 fully saturated rings. The molecule has 0 radical (unpaired) electrons. The second-order valence-corrected chi connectivity index (χ2v) is 5.63. The molecule has 0 amide bonds. The molecular weight excluding hydrogens is 314 g/mol. The average Bonchev–Trinajstić information content (AvgIpc) is 2.54. The van der Waals surface area contributed by atoms with Crippen LogP contribution in [0.2, 0.25) is 5.02 Å². The van der Waals surface area contributed by atoms with Crippen LogP contribution in [0.15, 0.2) is 52.5 Å². The third-order valence-corrected chi connectivity index (χ3v) is 3.83. The van der Waals surface area contributed by atoms with Gasteiger partial charge in [0.15, 0.2) is 5.78 Å². The summed E-state index contributed by atoms with van der Waals surface area (Å²) in [7, 11) is 0. The third kappa shape index (κ3) is 3.17. The highest BCUT2D eigenvalue weighted by Gasteiger charge is 2.15. The number of nitrogens with zero attached hydrogens (tertiary/aromatic N) is 1. The lowest BCUT2D eigenvalue weighted by Gasteiger charge is -2.12. The van der Waals surface area contributed by atoms with Gasteiger partial charge in [0.05, 0.1) is 11.8 Å². The van der Waals surface area contributed by atoms with E-state index in [1.54, 1.807) is 36.4 Å². The quantitative estimate of drug-likeness (QED) is 0.908. The number of Topliss-reactive ketones (excluding diaryl/α,β-unsaturated/α-hetero) is 1. The molecule has 1 aromatic heterocycles. The summed E-state index contributed by atoms with van der Waals surface area (Å²) in [6.45, 7) is 0.213. The fraction of sp³-hybridized carbons (Fsp3) is 0.118. The van der Waals surface area contributed by atoms with Gasteiger partial charge < -0.3 is 10.3 Å². The van der Waals surface area contributed by atoms with Crippen LogP contribution >= 0.6 is 11.6 Å². The van der Waals surface area contributed by atoms with Crippen LogP contribution in [0.1, 0.15) is 12.0 Å². The first kappa shape index (κ1) is 15.1. The van der Waals surface area contributed by atoms with Crippen LogP contribution in [0.5, 0.6) is 0 Å². The molecule has 0 aliphatic heterocycles. The number of ketones is 1. The maximum absolute atomic E-state index is 12.1. The number of hydrogen-bond donors (Lipinski definition) is 2. The number of carbonyl (C=O) groups excluding carboxylic acids is 1. The summed E-state index contributed by atoms with van der Waals surface area (Å²) < 4.78 is 0. The lowest BCUT2D eigenvalue weighted by atomic mass is 10.0. The van der Waals surface area contributed by atoms with E-state index < -0.39 is 0 Å². The Bertz CT molecular complexity index is 964. The zero-order valence-electron chi connectivity index (χ0n) is 12.0. The van der Waals surface area contributed by atoms with Crippen molar-refractivity contribution in [3.8, 4) is 6.07 Å². The normalized spacial score (nSPS) is 14.2. The molecule has 6 heteroatoms. The molecule has 2 N–H and O–H groups in total. The first-order chi connectivity index (χ1) is 11.1. The van der Waals surface area contributed by atoms with Gasteiger partial charge in [0, 0.05) is 40.0 Å². The van der Waals surface area contributed by atoms with Crippen molar-refractivity contribution in [1.82, 2.24) is 10.3 Å². The molecule has 2 aromatic rings. The largest absolute Gasteiger partial charge is 0.378 e. The number of aromatic amines is 1. The number of hydrogen-bond acceptors (Lipinski definition) is 4. The van der Waals surface area contributed by atoms with Crippen molar-refractivity contribution >= 4 is 28.3 Å². The van der Waals surface area contributed by atoms with Gasteiger partial charge in [0.25, 0.3) is 5.56 Å². The van der Waals surface area contributed by atoms with E-state index >= 15 is 0 Å². The molecule has 0 spiro atoms. The number of benzene rings is 1. The van der Waals surface area contributed by atoms with Gasteiger partial charge in [-0.05, 0) is 36.4 Å². The Labute approximate surface area is 136 Å². The Morgan fingerprint density at radius 1 is 1.26 bits per heavy atom. The topological polar surface area (TPSA) is 85.8 Å². The Morgan fingerprint density at radius 2 is 2.09 bits per heavy atom. The molecule has 0 unspecified atom stereocenters. The second-order valence-electron chi connectivity index (χ2n) is 5.19. The van der Waals surface area contributed by atoms with E-state index in [0.717, 1.165) is 5.39 Å². The van der Waals surface area contributed by atoms with Gasteiger partial charge >= 0.3 is 0 Å². The maximum Gasteiger partial charge on any atom is 0.253 e. The molecule has 0 saturated carbocycles. The lowest BCUT2D eigenvalue weighted by molar-refractivity contribution is -0.115. The first-order valence-corrected chi connectivity index (χ1v) is 7.34. The molecule has 1 aromatic carbocycles. The molecule has 0 saturated heterocycles. The monoisotopic (exact) mass is 325 g/mol. The van der Waals surface area contributed by atoms with Gasteiger partial charge in [-0.3, -0.25) is 9.59 Å². The predicted octanol–water partition coefficient (Wildman–Crippen LogP) is 2.58. The van der Waals surface area contributed by atoms with Crippen molar-refractivity contribution in [1.29, 1.82) is 5.26 Å². The zero-order chi connectivity index (χ0) is 16.4. The smallest absolute Gasteiger partial charge is 0.253 e. The van der Waals surface area contributed by atoms with E-state index in [9.17, 15) is 9.59 Å². The minimum atomic E-state index is -0.218. The second kappa shape index (κ2) is 6.11. The van der Waals surface area contributed by atoms with Crippen LogP contribution in [0.3, 0.4) is 0 Å². The minimum absolute atomic E-state index is 0.0824. The standard InChI is InChI=1S/C17H12ClN3O2/c18-13-2-4-14-11(7-13)6-12(17(23)21-14)9-20-15-3-1-10(8-19)5-16(15)22/h1-4,6-7,20H,5,9H2,(H,21,23). The minimum Gasteiger partial charge on any atom is -0.378 e. The van der Waals surface area contributed by atoms with E-state index in [2.05, 4.69) is 10.3 Å². The summed E-state index contributed by atoms with van der Waals surface area (Å²) in [6, 6.07) is 8.94. The molecule has 0 atom stereocenters. The summed E-state index contributed by atoms with van der Waals surface area (Å²) >= 11 is 5.96. The number of carbonyl (C=O) groups is 1. The van der Waals surface area contributed by atoms with Crippen LogP contribution < -0.4 is 10.9 Å². The predicted molar refractivity (Wildman–Crippen MR) is 87.8 cm³/mol. The summed E-state index contributed by atoms with van der Waals surface area (Å²) in [5, 5.41) is 13.2. The Morgan fingerprint density at radius 3 is 2.83 bits per heavy atom. The number of allylic oxidation sites excluding steroid dienone is 4. The van der Waals surface area contributed by atoms with Gasteiger partial charge in [0.2, 0.25) is 0 Å². The highest BCUT2D eigenvalue weighted by Crippen LogP contribution is 2.17. The highest BCUT2D eigenvalue weighted by atomic mass is 35.5. The van der Waals surface area contributed by atoms with Gasteiger partial charge in [-0.2, -0.15) is 5.26 Å². The van der Waals surface area contributed by atoms with E-state index in [0.29, 0.717) is 27.4 Å². The summed E-state index contributed by atoms with van der Waals surface area (Å²) in [5.41, 5.74) is 1.82. The van der Waals surface area contributed by atoms with Gasteiger partial charge in [-0.25, -0.2) is 0 Å². The van der Waals surface area contributed by atoms with Crippen LogP contribution in [0.25, 0.3) is 10.9 Å². The number of fused-ring (bicyclic) bond motifs is 1. The van der Waals surface area contributed by atoms with Crippen LogP contribution in [0.4, 0.5) is 0 Å². The molecule has 114 valence electrons. The van der Waals surface area contributed by atoms with E-state index in [4.69, 9.17) is 16.9 Å². The number of halogens is 1. The van der Waals surface area contributed by atoms with Gasteiger partial charge in [-0.1, -0.05) is 11.6 Å². The van der Waals surface area contributed by atoms with E-state index in [1.165, 1.54) is 0 Å². The van der Waals surface area contributed by atoms with Crippen LogP contribution in [-0.2, 0) is 11.3 Å². The number of pyridine rings is 1. The number of rotatable bonds is 3. The fourth-order valence-electron chi connectivity index (χ4n) is 2.38. The number of aromatic nitrogens is 1. The fourth-order valence-corrected chi connectivity index (χ4v) is 2.56.